The first kappa shape index (κ1) is 14.2. The molecule has 8 nitrogen and oxygen atoms in total. The van der Waals surface area contributed by atoms with E-state index in [2.05, 4.69) is 25.7 Å². The molecule has 3 heterocycles. The van der Waals surface area contributed by atoms with E-state index < -0.39 is 0 Å². The van der Waals surface area contributed by atoms with Gasteiger partial charge in [-0.15, -0.1) is 0 Å². The monoisotopic (exact) mass is 316 g/mol. The first-order valence-corrected chi connectivity index (χ1v) is 8.12. The van der Waals surface area contributed by atoms with E-state index in [4.69, 9.17) is 4.52 Å². The molecule has 0 aromatic carbocycles. The van der Waals surface area contributed by atoms with E-state index in [-0.39, 0.29) is 18.1 Å². The quantitative estimate of drug-likeness (QED) is 0.883. The topological polar surface area (TPSA) is 99.9 Å². The molecule has 0 radical (unpaired) electrons. The highest BCUT2D eigenvalue weighted by Gasteiger charge is 2.35. The van der Waals surface area contributed by atoms with Crippen molar-refractivity contribution in [3.8, 4) is 0 Å². The van der Waals surface area contributed by atoms with E-state index in [1.807, 2.05) is 11.1 Å². The van der Waals surface area contributed by atoms with Gasteiger partial charge in [0.15, 0.2) is 5.82 Å². The van der Waals surface area contributed by atoms with Crippen LogP contribution in [0.2, 0.25) is 0 Å². The van der Waals surface area contributed by atoms with Gasteiger partial charge in [0.2, 0.25) is 5.89 Å². The summed E-state index contributed by atoms with van der Waals surface area (Å²) in [6, 6.07) is -0.165. The second kappa shape index (κ2) is 5.68. The normalized spacial score (nSPS) is 23.8. The molecule has 0 saturated carbocycles. The number of carbonyl (C=O) groups is 1. The number of fused-ring (bicyclic) bond motifs is 1. The minimum atomic E-state index is -0.0997. The number of aromatic amines is 1. The van der Waals surface area contributed by atoms with Crippen LogP contribution >= 0.6 is 0 Å². The first-order chi connectivity index (χ1) is 11.2. The zero-order valence-electron chi connectivity index (χ0n) is 13.1. The van der Waals surface area contributed by atoms with Crippen LogP contribution in [0.1, 0.15) is 60.7 Å². The Balaban J connectivity index is 1.49. The lowest BCUT2D eigenvalue weighted by atomic mass is 9.94. The van der Waals surface area contributed by atoms with Gasteiger partial charge in [0.05, 0.1) is 24.0 Å². The summed E-state index contributed by atoms with van der Waals surface area (Å²) in [5, 5.41) is 14.2. The average molecular weight is 316 g/mol. The van der Waals surface area contributed by atoms with E-state index in [1.54, 1.807) is 6.92 Å². The lowest BCUT2D eigenvalue weighted by Gasteiger charge is -2.28. The van der Waals surface area contributed by atoms with Gasteiger partial charge in [-0.2, -0.15) is 10.1 Å². The number of carbonyl (C=O) groups excluding carboxylic acids is 1. The fraction of sp³-hybridized carbons (Fsp3) is 0.600. The summed E-state index contributed by atoms with van der Waals surface area (Å²) in [7, 11) is 0. The molecule has 2 aromatic rings. The standard InChI is InChI=1S/C15H20N6O2/c1-9-17-14(20-23-9)12-6-3-7-21(12)15(22)18-11-5-2-4-10-8-16-19-13(10)11/h8,11-12H,2-7H2,1H3,(H,16,19)(H,18,22). The molecule has 2 amide bonds. The predicted octanol–water partition coefficient (Wildman–Crippen LogP) is 2.03. The van der Waals surface area contributed by atoms with Gasteiger partial charge in [-0.1, -0.05) is 5.16 Å². The largest absolute Gasteiger partial charge is 0.340 e. The number of rotatable bonds is 2. The summed E-state index contributed by atoms with van der Waals surface area (Å²) in [6.07, 6.45) is 6.69. The summed E-state index contributed by atoms with van der Waals surface area (Å²) >= 11 is 0. The van der Waals surface area contributed by atoms with Gasteiger partial charge < -0.3 is 14.7 Å². The molecule has 8 heteroatoms. The lowest BCUT2D eigenvalue weighted by molar-refractivity contribution is 0.184. The highest BCUT2D eigenvalue weighted by molar-refractivity contribution is 5.75. The van der Waals surface area contributed by atoms with Gasteiger partial charge in [-0.05, 0) is 37.7 Å². The Kier molecular flexibility index (Phi) is 3.51. The van der Waals surface area contributed by atoms with Crippen LogP contribution in [0.5, 0.6) is 0 Å². The molecule has 2 unspecified atom stereocenters. The van der Waals surface area contributed by atoms with Crippen LogP contribution < -0.4 is 5.32 Å². The molecule has 1 aliphatic carbocycles. The van der Waals surface area contributed by atoms with Crippen molar-refractivity contribution in [3.05, 3.63) is 29.2 Å². The van der Waals surface area contributed by atoms with E-state index in [0.717, 1.165) is 37.8 Å². The fourth-order valence-corrected chi connectivity index (χ4v) is 3.57. The van der Waals surface area contributed by atoms with E-state index >= 15 is 0 Å². The van der Waals surface area contributed by atoms with Crippen molar-refractivity contribution in [2.45, 2.75) is 51.1 Å². The third kappa shape index (κ3) is 2.58. The first-order valence-electron chi connectivity index (χ1n) is 8.12. The second-order valence-corrected chi connectivity index (χ2v) is 6.23. The van der Waals surface area contributed by atoms with Gasteiger partial charge in [-0.25, -0.2) is 4.79 Å². The average Bonchev–Trinajstić information content (AvgIpc) is 3.26. The number of nitrogens with zero attached hydrogens (tertiary/aromatic N) is 4. The number of amides is 2. The van der Waals surface area contributed by atoms with Crippen molar-refractivity contribution < 1.29 is 9.32 Å². The Labute approximate surface area is 133 Å². The molecule has 1 fully saturated rings. The van der Waals surface area contributed by atoms with Gasteiger partial charge in [0.1, 0.15) is 0 Å². The molecule has 1 aliphatic heterocycles. The molecule has 122 valence electrons. The van der Waals surface area contributed by atoms with Crippen molar-refractivity contribution in [2.75, 3.05) is 6.54 Å². The zero-order valence-corrected chi connectivity index (χ0v) is 13.1. The molecule has 0 spiro atoms. The minimum Gasteiger partial charge on any atom is -0.340 e. The van der Waals surface area contributed by atoms with Crippen molar-refractivity contribution in [3.63, 3.8) is 0 Å². The second-order valence-electron chi connectivity index (χ2n) is 6.23. The van der Waals surface area contributed by atoms with Crippen LogP contribution in [0.3, 0.4) is 0 Å². The maximum Gasteiger partial charge on any atom is 0.318 e. The van der Waals surface area contributed by atoms with Crippen LogP contribution in [0, 0.1) is 6.92 Å². The van der Waals surface area contributed by atoms with Gasteiger partial charge >= 0.3 is 6.03 Å². The Bertz CT molecular complexity index is 708. The van der Waals surface area contributed by atoms with Gasteiger partial charge in [0.25, 0.3) is 0 Å². The summed E-state index contributed by atoms with van der Waals surface area (Å²) in [5.74, 6) is 1.13. The number of hydrogen-bond acceptors (Lipinski definition) is 5. The fourth-order valence-electron chi connectivity index (χ4n) is 3.57. The third-order valence-electron chi connectivity index (χ3n) is 4.69. The molecule has 2 atom stereocenters. The van der Waals surface area contributed by atoms with Gasteiger partial charge in [0, 0.05) is 13.5 Å². The summed E-state index contributed by atoms with van der Waals surface area (Å²) < 4.78 is 5.06. The number of hydrogen-bond donors (Lipinski definition) is 2. The Morgan fingerprint density at radius 1 is 1.43 bits per heavy atom. The molecule has 2 N–H and O–H groups in total. The molecule has 4 rings (SSSR count). The van der Waals surface area contributed by atoms with Crippen LogP contribution in [-0.4, -0.2) is 37.8 Å². The van der Waals surface area contributed by atoms with Crippen LogP contribution in [-0.2, 0) is 6.42 Å². The molecule has 2 aromatic heterocycles. The molecular formula is C15H20N6O2. The molecule has 0 bridgehead atoms. The van der Waals surface area contributed by atoms with E-state index in [1.165, 1.54) is 5.56 Å². The number of likely N-dealkylation sites (tertiary alicyclic amines) is 1. The Morgan fingerprint density at radius 3 is 3.17 bits per heavy atom. The van der Waals surface area contributed by atoms with Crippen LogP contribution in [0.25, 0.3) is 0 Å². The molecule has 1 saturated heterocycles. The minimum absolute atomic E-state index is 0.00186. The third-order valence-corrected chi connectivity index (χ3v) is 4.69. The van der Waals surface area contributed by atoms with E-state index in [9.17, 15) is 4.79 Å². The Morgan fingerprint density at radius 2 is 2.35 bits per heavy atom. The number of H-pyrrole nitrogens is 1. The summed E-state index contributed by atoms with van der Waals surface area (Å²) in [4.78, 5) is 18.8. The molecule has 23 heavy (non-hydrogen) atoms. The van der Waals surface area contributed by atoms with Crippen molar-refractivity contribution >= 4 is 6.03 Å². The highest BCUT2D eigenvalue weighted by Crippen LogP contribution is 2.32. The van der Waals surface area contributed by atoms with E-state index in [0.29, 0.717) is 18.3 Å². The summed E-state index contributed by atoms with van der Waals surface area (Å²) in [6.45, 7) is 2.48. The van der Waals surface area contributed by atoms with Crippen molar-refractivity contribution in [1.29, 1.82) is 0 Å². The Hall–Kier alpha value is -2.38. The molecule has 2 aliphatic rings. The maximum atomic E-state index is 12.7. The number of aryl methyl sites for hydroxylation is 2. The molecular weight excluding hydrogens is 296 g/mol. The lowest BCUT2D eigenvalue weighted by Crippen LogP contribution is -2.42. The van der Waals surface area contributed by atoms with Crippen molar-refractivity contribution in [2.24, 2.45) is 0 Å². The SMILES string of the molecule is Cc1nc(C2CCCN2C(=O)NC2CCCc3cn[nH]c32)no1. The van der Waals surface area contributed by atoms with Crippen LogP contribution in [0.15, 0.2) is 10.7 Å². The predicted molar refractivity (Wildman–Crippen MR) is 80.5 cm³/mol. The number of aromatic nitrogens is 4. The van der Waals surface area contributed by atoms with Crippen molar-refractivity contribution in [1.82, 2.24) is 30.6 Å². The number of nitrogens with one attached hydrogen (secondary N) is 2. The smallest absolute Gasteiger partial charge is 0.318 e. The van der Waals surface area contributed by atoms with Gasteiger partial charge in [-0.3, -0.25) is 5.10 Å². The highest BCUT2D eigenvalue weighted by atomic mass is 16.5. The maximum absolute atomic E-state index is 12.7. The number of urea groups is 1. The summed E-state index contributed by atoms with van der Waals surface area (Å²) in [5.41, 5.74) is 2.24. The van der Waals surface area contributed by atoms with Crippen LogP contribution in [0.4, 0.5) is 4.79 Å². The zero-order chi connectivity index (χ0) is 15.8.